The van der Waals surface area contributed by atoms with Crippen LogP contribution >= 0.6 is 11.3 Å². The summed E-state index contributed by atoms with van der Waals surface area (Å²) in [5.74, 6) is 0.595. The van der Waals surface area contributed by atoms with Gasteiger partial charge in [-0.3, -0.25) is 0 Å². The fourth-order valence-corrected chi connectivity index (χ4v) is 2.02. The van der Waals surface area contributed by atoms with Gasteiger partial charge in [0.1, 0.15) is 0 Å². The smallest absolute Gasteiger partial charge is 0.257 e. The van der Waals surface area contributed by atoms with Crippen LogP contribution in [0, 0.1) is 0 Å². The second-order valence-electron chi connectivity index (χ2n) is 2.79. The van der Waals surface area contributed by atoms with Crippen molar-refractivity contribution in [3.05, 3.63) is 23.4 Å². The van der Waals surface area contributed by atoms with Crippen molar-refractivity contribution in [1.29, 1.82) is 0 Å². The van der Waals surface area contributed by atoms with Crippen LogP contribution in [-0.2, 0) is 6.54 Å². The zero-order valence-electron chi connectivity index (χ0n) is 7.86. The van der Waals surface area contributed by atoms with Gasteiger partial charge < -0.3 is 9.73 Å². The first-order valence-corrected chi connectivity index (χ1v) is 5.27. The first-order valence-electron chi connectivity index (χ1n) is 4.46. The minimum Gasteiger partial charge on any atom is -0.423 e. The highest BCUT2D eigenvalue weighted by atomic mass is 32.1. The number of aromatic nitrogens is 2. The summed E-state index contributed by atoms with van der Waals surface area (Å²) in [6.45, 7) is 3.97. The van der Waals surface area contributed by atoms with Gasteiger partial charge in [-0.2, -0.15) is 0 Å². The number of hydrogen-bond donors (Lipinski definition) is 1. The molecule has 2 aromatic heterocycles. The van der Waals surface area contributed by atoms with Crippen molar-refractivity contribution in [3.8, 4) is 10.8 Å². The third-order valence-electron chi connectivity index (χ3n) is 1.78. The summed E-state index contributed by atoms with van der Waals surface area (Å²) < 4.78 is 5.11. The molecule has 4 nitrogen and oxygen atoms in total. The van der Waals surface area contributed by atoms with Crippen molar-refractivity contribution in [2.75, 3.05) is 6.54 Å². The van der Waals surface area contributed by atoms with Gasteiger partial charge in [0.15, 0.2) is 0 Å². The molecule has 0 radical (unpaired) electrons. The van der Waals surface area contributed by atoms with E-state index >= 15 is 0 Å². The van der Waals surface area contributed by atoms with E-state index < -0.39 is 0 Å². The molecule has 0 saturated heterocycles. The lowest BCUT2D eigenvalue weighted by molar-refractivity contribution is 0.570. The van der Waals surface area contributed by atoms with Crippen LogP contribution in [0.1, 0.15) is 11.8 Å². The van der Waals surface area contributed by atoms with Crippen LogP contribution in [0.25, 0.3) is 10.8 Å². The molecule has 0 aliphatic carbocycles. The molecule has 14 heavy (non-hydrogen) atoms. The molecule has 0 saturated carbocycles. The highest BCUT2D eigenvalue weighted by Crippen LogP contribution is 2.25. The second kappa shape index (κ2) is 4.34. The fraction of sp³-hybridized carbons (Fsp3) is 0.333. The number of nitrogens with one attached hydrogen (secondary N) is 1. The predicted octanol–water partition coefficient (Wildman–Crippen LogP) is 1.91. The van der Waals surface area contributed by atoms with Crippen LogP contribution in [-0.4, -0.2) is 16.7 Å². The molecule has 1 N–H and O–H groups in total. The summed E-state index contributed by atoms with van der Waals surface area (Å²) >= 11 is 1.67. The molecule has 5 heteroatoms. The molecule has 0 spiro atoms. The molecule has 0 fully saturated rings. The topological polar surface area (TPSA) is 51.0 Å². The van der Waals surface area contributed by atoms with Crippen molar-refractivity contribution in [1.82, 2.24) is 15.5 Å². The lowest BCUT2D eigenvalue weighted by atomic mass is 10.4. The largest absolute Gasteiger partial charge is 0.423 e. The van der Waals surface area contributed by atoms with Crippen LogP contribution in [0.5, 0.6) is 0 Å². The Morgan fingerprint density at radius 2 is 2.43 bits per heavy atom. The molecule has 0 aliphatic heterocycles. The van der Waals surface area contributed by atoms with Crippen LogP contribution in [0.3, 0.4) is 0 Å². The molecule has 0 atom stereocenters. The molecule has 0 unspecified atom stereocenters. The van der Waals surface area contributed by atoms with E-state index in [0.29, 0.717) is 5.89 Å². The Balaban J connectivity index is 2.10. The standard InChI is InChI=1S/C9H11N3OS/c1-2-10-5-7-3-4-8(14-7)9-12-11-6-13-9/h3-4,6,10H,2,5H2,1H3. The van der Waals surface area contributed by atoms with Gasteiger partial charge in [0.2, 0.25) is 6.39 Å². The minimum atomic E-state index is 0.595. The minimum absolute atomic E-state index is 0.595. The van der Waals surface area contributed by atoms with Gasteiger partial charge in [0, 0.05) is 11.4 Å². The highest BCUT2D eigenvalue weighted by Gasteiger charge is 2.06. The predicted molar refractivity (Wildman–Crippen MR) is 55.0 cm³/mol. The Morgan fingerprint density at radius 3 is 3.14 bits per heavy atom. The van der Waals surface area contributed by atoms with Gasteiger partial charge in [0.25, 0.3) is 5.89 Å². The van der Waals surface area contributed by atoms with E-state index in [2.05, 4.69) is 28.5 Å². The highest BCUT2D eigenvalue weighted by molar-refractivity contribution is 7.15. The van der Waals surface area contributed by atoms with Gasteiger partial charge >= 0.3 is 0 Å². The van der Waals surface area contributed by atoms with Crippen LogP contribution in [0.4, 0.5) is 0 Å². The second-order valence-corrected chi connectivity index (χ2v) is 3.96. The summed E-state index contributed by atoms with van der Waals surface area (Å²) in [5, 5.41) is 10.8. The number of hydrogen-bond acceptors (Lipinski definition) is 5. The first kappa shape index (κ1) is 9.36. The summed E-state index contributed by atoms with van der Waals surface area (Å²) in [6, 6.07) is 4.08. The Morgan fingerprint density at radius 1 is 1.50 bits per heavy atom. The summed E-state index contributed by atoms with van der Waals surface area (Å²) in [6.07, 6.45) is 1.35. The Hall–Kier alpha value is -1.20. The average molecular weight is 209 g/mol. The van der Waals surface area contributed by atoms with E-state index in [1.807, 2.05) is 6.07 Å². The zero-order valence-corrected chi connectivity index (χ0v) is 8.67. The molecular weight excluding hydrogens is 198 g/mol. The van der Waals surface area contributed by atoms with Crippen LogP contribution < -0.4 is 5.32 Å². The average Bonchev–Trinajstić information content (AvgIpc) is 2.85. The summed E-state index contributed by atoms with van der Waals surface area (Å²) in [5.41, 5.74) is 0. The van der Waals surface area contributed by atoms with E-state index in [9.17, 15) is 0 Å². The van der Waals surface area contributed by atoms with Gasteiger partial charge in [-0.25, -0.2) is 0 Å². The quantitative estimate of drug-likeness (QED) is 0.835. The molecule has 2 aromatic rings. The first-order chi connectivity index (χ1) is 6.90. The summed E-state index contributed by atoms with van der Waals surface area (Å²) in [4.78, 5) is 2.30. The van der Waals surface area contributed by atoms with E-state index in [1.54, 1.807) is 11.3 Å². The van der Waals surface area contributed by atoms with Gasteiger partial charge in [-0.15, -0.1) is 21.5 Å². The fourth-order valence-electron chi connectivity index (χ4n) is 1.12. The zero-order chi connectivity index (χ0) is 9.80. The SMILES string of the molecule is CCNCc1ccc(-c2nnco2)s1. The molecule has 2 heterocycles. The summed E-state index contributed by atoms with van der Waals surface area (Å²) in [7, 11) is 0. The number of rotatable bonds is 4. The Bertz CT molecular complexity index is 382. The maximum atomic E-state index is 5.11. The van der Waals surface area contributed by atoms with Crippen molar-refractivity contribution in [3.63, 3.8) is 0 Å². The van der Waals surface area contributed by atoms with Crippen LogP contribution in [0.2, 0.25) is 0 Å². The molecule has 0 amide bonds. The van der Waals surface area contributed by atoms with Crippen molar-refractivity contribution < 1.29 is 4.42 Å². The molecule has 74 valence electrons. The normalized spacial score (nSPS) is 10.6. The molecular formula is C9H11N3OS. The van der Waals surface area contributed by atoms with Gasteiger partial charge in [-0.05, 0) is 18.7 Å². The van der Waals surface area contributed by atoms with Crippen LogP contribution in [0.15, 0.2) is 22.9 Å². The molecule has 0 aromatic carbocycles. The van der Waals surface area contributed by atoms with E-state index in [4.69, 9.17) is 4.42 Å². The van der Waals surface area contributed by atoms with Crippen molar-refractivity contribution in [2.24, 2.45) is 0 Å². The third kappa shape index (κ3) is 2.00. The van der Waals surface area contributed by atoms with E-state index in [0.717, 1.165) is 18.0 Å². The van der Waals surface area contributed by atoms with Gasteiger partial charge in [0.05, 0.1) is 4.88 Å². The lowest BCUT2D eigenvalue weighted by Gasteiger charge is -1.95. The van der Waals surface area contributed by atoms with Gasteiger partial charge in [-0.1, -0.05) is 6.92 Å². The molecule has 0 aliphatic rings. The molecule has 0 bridgehead atoms. The van der Waals surface area contributed by atoms with E-state index in [-0.39, 0.29) is 0 Å². The number of thiophene rings is 1. The Kier molecular flexibility index (Phi) is 2.90. The molecule has 2 rings (SSSR count). The monoisotopic (exact) mass is 209 g/mol. The van der Waals surface area contributed by atoms with Crippen molar-refractivity contribution in [2.45, 2.75) is 13.5 Å². The Labute approximate surface area is 86.0 Å². The third-order valence-corrected chi connectivity index (χ3v) is 2.85. The lowest BCUT2D eigenvalue weighted by Crippen LogP contribution is -2.10. The van der Waals surface area contributed by atoms with Crippen molar-refractivity contribution >= 4 is 11.3 Å². The number of nitrogens with zero attached hydrogens (tertiary/aromatic N) is 2. The maximum Gasteiger partial charge on any atom is 0.257 e. The van der Waals surface area contributed by atoms with E-state index in [1.165, 1.54) is 11.3 Å². The maximum absolute atomic E-state index is 5.11.